The van der Waals surface area contributed by atoms with Gasteiger partial charge in [0, 0.05) is 12.1 Å². The highest BCUT2D eigenvalue weighted by Gasteiger charge is 2.31. The van der Waals surface area contributed by atoms with E-state index in [1.165, 1.54) is 0 Å². The number of carbonyl (C=O) groups is 2. The minimum atomic E-state index is -0.814. The monoisotopic (exact) mass is 343 g/mol. The molecule has 0 aromatic heterocycles. The maximum Gasteiger partial charge on any atom is 0.339 e. The SMILES string of the molecule is O=C1O[C@@H](C(=O)Nc2ccc(-c3ccccc3)cc2)Cc2ccccc21. The lowest BCUT2D eigenvalue weighted by molar-refractivity contribution is -0.125. The molecule has 1 aliphatic heterocycles. The number of nitrogens with one attached hydrogen (secondary N) is 1. The lowest BCUT2D eigenvalue weighted by Gasteiger charge is -2.23. The summed E-state index contributed by atoms with van der Waals surface area (Å²) in [5.41, 5.74) is 4.22. The largest absolute Gasteiger partial charge is 0.448 e. The van der Waals surface area contributed by atoms with Crippen LogP contribution < -0.4 is 5.32 Å². The molecular weight excluding hydrogens is 326 g/mol. The van der Waals surface area contributed by atoms with Crippen molar-refractivity contribution in [3.05, 3.63) is 90.0 Å². The number of cyclic esters (lactones) is 1. The molecule has 0 unspecified atom stereocenters. The van der Waals surface area contributed by atoms with Crippen molar-refractivity contribution < 1.29 is 14.3 Å². The number of amides is 1. The molecule has 1 aliphatic rings. The third-order valence-electron chi connectivity index (χ3n) is 4.44. The van der Waals surface area contributed by atoms with E-state index in [4.69, 9.17) is 4.74 Å². The van der Waals surface area contributed by atoms with Gasteiger partial charge in [0.2, 0.25) is 0 Å². The van der Waals surface area contributed by atoms with Crippen molar-refractivity contribution in [2.75, 3.05) is 5.32 Å². The number of ether oxygens (including phenoxy) is 1. The van der Waals surface area contributed by atoms with Crippen LogP contribution in [-0.4, -0.2) is 18.0 Å². The minimum absolute atomic E-state index is 0.319. The number of rotatable bonds is 3. The summed E-state index contributed by atoms with van der Waals surface area (Å²) in [5, 5.41) is 2.83. The number of esters is 1. The molecule has 26 heavy (non-hydrogen) atoms. The molecule has 0 fully saturated rings. The third kappa shape index (κ3) is 3.22. The quantitative estimate of drug-likeness (QED) is 0.729. The van der Waals surface area contributed by atoms with Crippen LogP contribution in [0.5, 0.6) is 0 Å². The zero-order valence-corrected chi connectivity index (χ0v) is 14.0. The van der Waals surface area contributed by atoms with Crippen LogP contribution in [0.4, 0.5) is 5.69 Å². The maximum absolute atomic E-state index is 12.5. The van der Waals surface area contributed by atoms with E-state index in [-0.39, 0.29) is 5.91 Å². The third-order valence-corrected chi connectivity index (χ3v) is 4.44. The van der Waals surface area contributed by atoms with Crippen molar-refractivity contribution in [1.29, 1.82) is 0 Å². The predicted molar refractivity (Wildman–Crippen MR) is 99.9 cm³/mol. The normalized spacial score (nSPS) is 15.7. The van der Waals surface area contributed by atoms with E-state index in [1.54, 1.807) is 12.1 Å². The van der Waals surface area contributed by atoms with Crippen LogP contribution in [0.15, 0.2) is 78.9 Å². The van der Waals surface area contributed by atoms with Crippen molar-refractivity contribution in [3.63, 3.8) is 0 Å². The van der Waals surface area contributed by atoms with Crippen molar-refractivity contribution in [2.45, 2.75) is 12.5 Å². The summed E-state index contributed by atoms with van der Waals surface area (Å²) in [6.07, 6.45) is -0.429. The lowest BCUT2D eigenvalue weighted by atomic mass is 9.98. The van der Waals surface area contributed by atoms with Gasteiger partial charge in [-0.05, 0) is 34.9 Å². The smallest absolute Gasteiger partial charge is 0.339 e. The molecule has 0 spiro atoms. The van der Waals surface area contributed by atoms with Gasteiger partial charge in [-0.3, -0.25) is 4.79 Å². The highest BCUT2D eigenvalue weighted by atomic mass is 16.5. The van der Waals surface area contributed by atoms with Gasteiger partial charge < -0.3 is 10.1 Å². The average molecular weight is 343 g/mol. The molecule has 1 N–H and O–H groups in total. The van der Waals surface area contributed by atoms with E-state index in [0.717, 1.165) is 16.7 Å². The second-order valence-electron chi connectivity index (χ2n) is 6.19. The minimum Gasteiger partial charge on any atom is -0.448 e. The number of anilines is 1. The molecule has 0 saturated carbocycles. The molecule has 4 heteroatoms. The fraction of sp³-hybridized carbons (Fsp3) is 0.0909. The first kappa shape index (κ1) is 16.1. The van der Waals surface area contributed by atoms with E-state index in [9.17, 15) is 9.59 Å². The fourth-order valence-electron chi connectivity index (χ4n) is 3.08. The lowest BCUT2D eigenvalue weighted by Crippen LogP contribution is -2.37. The van der Waals surface area contributed by atoms with Crippen molar-refractivity contribution >= 4 is 17.6 Å². The Labute approximate surface area is 151 Å². The molecule has 0 radical (unpaired) electrons. The molecule has 3 aromatic rings. The number of benzene rings is 3. The first-order valence-corrected chi connectivity index (χ1v) is 8.46. The van der Waals surface area contributed by atoms with Gasteiger partial charge in [0.15, 0.2) is 6.10 Å². The van der Waals surface area contributed by atoms with Crippen LogP contribution in [-0.2, 0) is 16.0 Å². The van der Waals surface area contributed by atoms with E-state index in [2.05, 4.69) is 5.32 Å². The fourth-order valence-corrected chi connectivity index (χ4v) is 3.08. The van der Waals surface area contributed by atoms with Gasteiger partial charge in [0.1, 0.15) is 0 Å². The number of hydrogen-bond acceptors (Lipinski definition) is 3. The summed E-state index contributed by atoms with van der Waals surface area (Å²) in [5.74, 6) is -0.772. The first-order chi connectivity index (χ1) is 12.7. The Bertz CT molecular complexity index is 949. The number of hydrogen-bond donors (Lipinski definition) is 1. The van der Waals surface area contributed by atoms with E-state index >= 15 is 0 Å². The van der Waals surface area contributed by atoms with E-state index < -0.39 is 12.1 Å². The summed E-state index contributed by atoms with van der Waals surface area (Å²) in [7, 11) is 0. The van der Waals surface area contributed by atoms with Gasteiger partial charge in [-0.15, -0.1) is 0 Å². The Morgan fingerprint density at radius 2 is 1.50 bits per heavy atom. The van der Waals surface area contributed by atoms with Crippen LogP contribution in [0.2, 0.25) is 0 Å². The number of carbonyl (C=O) groups excluding carboxylic acids is 2. The standard InChI is InChI=1S/C22H17NO3/c24-21(20-14-17-8-4-5-9-19(17)22(25)26-20)23-18-12-10-16(11-13-18)15-6-2-1-3-7-15/h1-13,20H,14H2,(H,23,24)/t20-/m1/s1. The highest BCUT2D eigenvalue weighted by molar-refractivity contribution is 6.00. The number of fused-ring (bicyclic) bond motifs is 1. The van der Waals surface area contributed by atoms with Crippen molar-refractivity contribution in [1.82, 2.24) is 0 Å². The van der Waals surface area contributed by atoms with Gasteiger partial charge in [-0.25, -0.2) is 4.79 Å². The zero-order chi connectivity index (χ0) is 17.9. The molecule has 1 heterocycles. The van der Waals surface area contributed by atoms with Crippen LogP contribution in [0, 0.1) is 0 Å². The van der Waals surface area contributed by atoms with Gasteiger partial charge >= 0.3 is 5.97 Å². The van der Waals surface area contributed by atoms with E-state index in [0.29, 0.717) is 17.7 Å². The molecule has 4 nitrogen and oxygen atoms in total. The second kappa shape index (κ2) is 6.84. The van der Waals surface area contributed by atoms with Crippen LogP contribution >= 0.6 is 0 Å². The van der Waals surface area contributed by atoms with Gasteiger partial charge in [0.05, 0.1) is 5.56 Å². The van der Waals surface area contributed by atoms with Crippen LogP contribution in [0.3, 0.4) is 0 Å². The second-order valence-corrected chi connectivity index (χ2v) is 6.19. The molecule has 3 aromatic carbocycles. The molecular formula is C22H17NO3. The molecule has 0 saturated heterocycles. The highest BCUT2D eigenvalue weighted by Crippen LogP contribution is 2.23. The molecule has 4 rings (SSSR count). The Hall–Kier alpha value is -3.40. The van der Waals surface area contributed by atoms with Crippen molar-refractivity contribution in [2.24, 2.45) is 0 Å². The zero-order valence-electron chi connectivity index (χ0n) is 14.0. The summed E-state index contributed by atoms with van der Waals surface area (Å²) in [4.78, 5) is 24.5. The average Bonchev–Trinajstić information content (AvgIpc) is 2.69. The molecule has 1 atom stereocenters. The summed E-state index contributed by atoms with van der Waals surface area (Å²) in [6.45, 7) is 0. The van der Waals surface area contributed by atoms with E-state index in [1.807, 2.05) is 66.7 Å². The Morgan fingerprint density at radius 3 is 2.27 bits per heavy atom. The Kier molecular flexibility index (Phi) is 4.23. The maximum atomic E-state index is 12.5. The van der Waals surface area contributed by atoms with Gasteiger partial charge in [-0.1, -0.05) is 60.7 Å². The summed E-state index contributed by atoms with van der Waals surface area (Å²) < 4.78 is 5.29. The van der Waals surface area contributed by atoms with Gasteiger partial charge in [0.25, 0.3) is 5.91 Å². The molecule has 0 aliphatic carbocycles. The predicted octanol–water partition coefficient (Wildman–Crippen LogP) is 4.07. The van der Waals surface area contributed by atoms with Gasteiger partial charge in [-0.2, -0.15) is 0 Å². The molecule has 1 amide bonds. The van der Waals surface area contributed by atoms with Crippen LogP contribution in [0.1, 0.15) is 15.9 Å². The topological polar surface area (TPSA) is 55.4 Å². The van der Waals surface area contributed by atoms with Crippen molar-refractivity contribution in [3.8, 4) is 11.1 Å². The summed E-state index contributed by atoms with van der Waals surface area (Å²) in [6, 6.07) is 24.8. The molecule has 128 valence electrons. The Morgan fingerprint density at radius 1 is 0.846 bits per heavy atom. The molecule has 0 bridgehead atoms. The summed E-state index contributed by atoms with van der Waals surface area (Å²) >= 11 is 0. The Balaban J connectivity index is 1.46. The first-order valence-electron chi connectivity index (χ1n) is 8.46. The van der Waals surface area contributed by atoms with Crippen LogP contribution in [0.25, 0.3) is 11.1 Å².